The van der Waals surface area contributed by atoms with Gasteiger partial charge in [-0.15, -0.1) is 0 Å². The lowest BCUT2D eigenvalue weighted by Gasteiger charge is -2.23. The van der Waals surface area contributed by atoms with Crippen LogP contribution in [0.15, 0.2) is 29.4 Å². The summed E-state index contributed by atoms with van der Waals surface area (Å²) in [5.74, 6) is 0.286. The van der Waals surface area contributed by atoms with Crippen LogP contribution in [0.5, 0.6) is 0 Å². The average molecular weight is 301 g/mol. The van der Waals surface area contributed by atoms with Gasteiger partial charge in [-0.3, -0.25) is 9.59 Å². The summed E-state index contributed by atoms with van der Waals surface area (Å²) in [5.41, 5.74) is 2.18. The molecule has 0 saturated heterocycles. The monoisotopic (exact) mass is 301 g/mol. The molecule has 0 fully saturated rings. The summed E-state index contributed by atoms with van der Waals surface area (Å²) < 4.78 is 0. The van der Waals surface area contributed by atoms with Gasteiger partial charge in [-0.1, -0.05) is 26.0 Å². The Labute approximate surface area is 131 Å². The molecule has 0 radical (unpaired) electrons. The maximum Gasteiger partial charge on any atom is 0.267 e. The van der Waals surface area contributed by atoms with E-state index in [4.69, 9.17) is 0 Å². The van der Waals surface area contributed by atoms with E-state index in [0.717, 1.165) is 12.0 Å². The number of carbonyl (C=O) groups is 2. The van der Waals surface area contributed by atoms with Crippen LogP contribution in [-0.4, -0.2) is 24.1 Å². The van der Waals surface area contributed by atoms with Crippen molar-refractivity contribution in [3.63, 3.8) is 0 Å². The third kappa shape index (κ3) is 4.16. The van der Waals surface area contributed by atoms with Crippen LogP contribution in [0.25, 0.3) is 0 Å². The lowest BCUT2D eigenvalue weighted by Crippen LogP contribution is -2.39. The molecule has 0 aromatic heterocycles. The van der Waals surface area contributed by atoms with Crippen LogP contribution in [0.3, 0.4) is 0 Å². The van der Waals surface area contributed by atoms with Crippen LogP contribution in [0, 0.1) is 12.8 Å². The van der Waals surface area contributed by atoms with E-state index in [1.807, 2.05) is 31.2 Å². The number of hydrazone groups is 1. The van der Waals surface area contributed by atoms with E-state index < -0.39 is 0 Å². The molecular formula is C17H23N3O2. The van der Waals surface area contributed by atoms with Crippen LogP contribution in [0.1, 0.15) is 38.7 Å². The van der Waals surface area contributed by atoms with Crippen LogP contribution >= 0.6 is 0 Å². The van der Waals surface area contributed by atoms with Gasteiger partial charge < -0.3 is 5.32 Å². The zero-order valence-electron chi connectivity index (χ0n) is 13.4. The summed E-state index contributed by atoms with van der Waals surface area (Å²) in [4.78, 5) is 24.2. The first-order valence-electron chi connectivity index (χ1n) is 7.72. The Morgan fingerprint density at radius 2 is 2.14 bits per heavy atom. The zero-order chi connectivity index (χ0) is 16.1. The quantitative estimate of drug-likeness (QED) is 0.908. The first-order valence-corrected chi connectivity index (χ1v) is 7.72. The molecule has 0 saturated carbocycles. The Bertz CT molecular complexity index is 593. The molecule has 2 amide bonds. The molecule has 0 unspecified atom stereocenters. The minimum atomic E-state index is -0.175. The average Bonchev–Trinajstić information content (AvgIpc) is 2.47. The Balaban J connectivity index is 2.10. The third-order valence-electron chi connectivity index (χ3n) is 3.55. The van der Waals surface area contributed by atoms with E-state index in [9.17, 15) is 9.59 Å². The van der Waals surface area contributed by atoms with E-state index in [2.05, 4.69) is 24.3 Å². The van der Waals surface area contributed by atoms with Crippen molar-refractivity contribution in [2.75, 3.05) is 11.6 Å². The Morgan fingerprint density at radius 1 is 1.36 bits per heavy atom. The SMILES string of the molecule is Cc1cccc(N2N=C(C(=O)NCCC(C)C)CCC2=O)c1. The minimum Gasteiger partial charge on any atom is -0.351 e. The Hall–Kier alpha value is -2.17. The van der Waals surface area contributed by atoms with Crippen molar-refractivity contribution in [3.05, 3.63) is 29.8 Å². The van der Waals surface area contributed by atoms with Gasteiger partial charge in [-0.05, 0) is 37.0 Å². The molecule has 1 N–H and O–H groups in total. The van der Waals surface area contributed by atoms with E-state index >= 15 is 0 Å². The Kier molecular flexibility index (Phi) is 5.31. The summed E-state index contributed by atoms with van der Waals surface area (Å²) in [5, 5.41) is 8.48. The molecule has 5 nitrogen and oxygen atoms in total. The summed E-state index contributed by atoms with van der Waals surface area (Å²) in [6, 6.07) is 7.56. The smallest absolute Gasteiger partial charge is 0.267 e. The van der Waals surface area contributed by atoms with Crippen molar-refractivity contribution in [3.8, 4) is 0 Å². The molecule has 1 aromatic rings. The zero-order valence-corrected chi connectivity index (χ0v) is 13.4. The largest absolute Gasteiger partial charge is 0.351 e. The second-order valence-corrected chi connectivity index (χ2v) is 6.03. The number of anilines is 1. The number of amides is 2. The van der Waals surface area contributed by atoms with Crippen LogP contribution < -0.4 is 10.3 Å². The number of nitrogens with one attached hydrogen (secondary N) is 1. The van der Waals surface area contributed by atoms with Gasteiger partial charge in [0.15, 0.2) is 0 Å². The first-order chi connectivity index (χ1) is 10.5. The number of aryl methyl sites for hydroxylation is 1. The van der Waals surface area contributed by atoms with Gasteiger partial charge in [0, 0.05) is 19.4 Å². The first kappa shape index (κ1) is 16.2. The molecule has 22 heavy (non-hydrogen) atoms. The fourth-order valence-corrected chi connectivity index (χ4v) is 2.25. The molecule has 2 rings (SSSR count). The Morgan fingerprint density at radius 3 is 2.82 bits per heavy atom. The number of benzene rings is 1. The summed E-state index contributed by atoms with van der Waals surface area (Å²) in [6.45, 7) is 6.82. The molecule has 5 heteroatoms. The molecule has 0 spiro atoms. The van der Waals surface area contributed by atoms with Gasteiger partial charge in [0.05, 0.1) is 5.69 Å². The lowest BCUT2D eigenvalue weighted by atomic mass is 10.1. The second-order valence-electron chi connectivity index (χ2n) is 6.03. The van der Waals surface area contributed by atoms with Crippen molar-refractivity contribution in [1.29, 1.82) is 0 Å². The maximum atomic E-state index is 12.2. The van der Waals surface area contributed by atoms with E-state index in [1.165, 1.54) is 5.01 Å². The van der Waals surface area contributed by atoms with Crippen molar-refractivity contribution in [2.24, 2.45) is 11.0 Å². The number of nitrogens with zero attached hydrogens (tertiary/aromatic N) is 2. The van der Waals surface area contributed by atoms with E-state index in [-0.39, 0.29) is 11.8 Å². The highest BCUT2D eigenvalue weighted by Crippen LogP contribution is 2.21. The molecule has 1 aliphatic rings. The van der Waals surface area contributed by atoms with Crippen LogP contribution in [-0.2, 0) is 9.59 Å². The van der Waals surface area contributed by atoms with Crippen molar-refractivity contribution >= 4 is 23.2 Å². The van der Waals surface area contributed by atoms with E-state index in [1.54, 1.807) is 0 Å². The highest BCUT2D eigenvalue weighted by atomic mass is 16.2. The maximum absolute atomic E-state index is 12.2. The van der Waals surface area contributed by atoms with Crippen molar-refractivity contribution in [1.82, 2.24) is 5.32 Å². The van der Waals surface area contributed by atoms with Crippen molar-refractivity contribution in [2.45, 2.75) is 40.0 Å². The molecule has 1 aromatic carbocycles. The molecule has 0 aliphatic carbocycles. The number of rotatable bonds is 5. The fourth-order valence-electron chi connectivity index (χ4n) is 2.25. The molecule has 1 heterocycles. The number of hydrogen-bond acceptors (Lipinski definition) is 3. The van der Waals surface area contributed by atoms with Crippen LogP contribution in [0.2, 0.25) is 0 Å². The second kappa shape index (κ2) is 7.20. The van der Waals surface area contributed by atoms with Gasteiger partial charge in [-0.25, -0.2) is 5.01 Å². The fraction of sp³-hybridized carbons (Fsp3) is 0.471. The topological polar surface area (TPSA) is 61.8 Å². The molecule has 0 atom stereocenters. The van der Waals surface area contributed by atoms with Crippen LogP contribution in [0.4, 0.5) is 5.69 Å². The highest BCUT2D eigenvalue weighted by molar-refractivity contribution is 6.40. The van der Waals surface area contributed by atoms with Crippen molar-refractivity contribution < 1.29 is 9.59 Å². The van der Waals surface area contributed by atoms with Gasteiger partial charge in [0.1, 0.15) is 5.71 Å². The predicted octanol–water partition coefficient (Wildman–Crippen LogP) is 2.64. The molecule has 1 aliphatic heterocycles. The highest BCUT2D eigenvalue weighted by Gasteiger charge is 2.25. The van der Waals surface area contributed by atoms with E-state index in [0.29, 0.717) is 36.7 Å². The van der Waals surface area contributed by atoms with Gasteiger partial charge >= 0.3 is 0 Å². The molecule has 118 valence electrons. The summed E-state index contributed by atoms with van der Waals surface area (Å²) in [7, 11) is 0. The van der Waals surface area contributed by atoms with Gasteiger partial charge in [0.2, 0.25) is 5.91 Å². The predicted molar refractivity (Wildman–Crippen MR) is 87.8 cm³/mol. The number of carbonyl (C=O) groups excluding carboxylic acids is 2. The number of hydrogen-bond donors (Lipinski definition) is 1. The van der Waals surface area contributed by atoms with Gasteiger partial charge in [-0.2, -0.15) is 5.10 Å². The normalized spacial score (nSPS) is 15.0. The third-order valence-corrected chi connectivity index (χ3v) is 3.55. The lowest BCUT2D eigenvalue weighted by molar-refractivity contribution is -0.118. The summed E-state index contributed by atoms with van der Waals surface area (Å²) >= 11 is 0. The minimum absolute atomic E-state index is 0.0793. The summed E-state index contributed by atoms with van der Waals surface area (Å²) in [6.07, 6.45) is 1.64. The van der Waals surface area contributed by atoms with Gasteiger partial charge in [0.25, 0.3) is 5.91 Å². The standard InChI is InChI=1S/C17H23N3O2/c1-12(2)9-10-18-17(22)15-7-8-16(21)20(19-15)14-6-4-5-13(3)11-14/h4-6,11-12H,7-10H2,1-3H3,(H,18,22). The molecular weight excluding hydrogens is 278 g/mol. The molecule has 0 bridgehead atoms.